The van der Waals surface area contributed by atoms with Crippen molar-refractivity contribution in [1.29, 1.82) is 0 Å². The van der Waals surface area contributed by atoms with E-state index in [0.717, 1.165) is 17.7 Å². The summed E-state index contributed by atoms with van der Waals surface area (Å²) in [7, 11) is 1.38. The molecule has 0 saturated carbocycles. The minimum absolute atomic E-state index is 0.0697. The van der Waals surface area contributed by atoms with Crippen molar-refractivity contribution < 1.29 is 19.2 Å². The van der Waals surface area contributed by atoms with Gasteiger partial charge in [-0.05, 0) is 24.1 Å². The van der Waals surface area contributed by atoms with Crippen LogP contribution in [0.2, 0.25) is 0 Å². The molecule has 1 aliphatic heterocycles. The number of ether oxygens (including phenoxy) is 1. The molecule has 1 atom stereocenters. The van der Waals surface area contributed by atoms with Crippen molar-refractivity contribution in [3.63, 3.8) is 0 Å². The smallest absolute Gasteiger partial charge is 0.273 e. The van der Waals surface area contributed by atoms with Crippen LogP contribution < -0.4 is 15.0 Å². The molecule has 0 bridgehead atoms. The Morgan fingerprint density at radius 2 is 2.07 bits per heavy atom. The second-order valence-electron chi connectivity index (χ2n) is 6.52. The number of hydrogen-bond acceptors (Lipinski definition) is 5. The lowest BCUT2D eigenvalue weighted by Gasteiger charge is -2.19. The van der Waals surface area contributed by atoms with E-state index in [1.807, 2.05) is 31.2 Å². The quantitative estimate of drug-likeness (QED) is 0.610. The fraction of sp³-hybridized carbons (Fsp3) is 0.300. The van der Waals surface area contributed by atoms with Gasteiger partial charge in [0, 0.05) is 24.7 Å². The number of nitro benzene ring substituents is 1. The summed E-state index contributed by atoms with van der Waals surface area (Å²) >= 11 is 0. The lowest BCUT2D eigenvalue weighted by molar-refractivity contribution is -0.384. The van der Waals surface area contributed by atoms with Crippen LogP contribution in [0.3, 0.4) is 0 Å². The Hall–Kier alpha value is -3.42. The number of hydrogen-bond donors (Lipinski definition) is 1. The number of nitrogens with zero attached hydrogens (tertiary/aromatic N) is 2. The summed E-state index contributed by atoms with van der Waals surface area (Å²) in [6.07, 6.45) is 0.854. The number of carbonyl (C=O) groups excluding carboxylic acids is 2. The molecular formula is C20H21N3O5. The number of para-hydroxylation sites is 1. The summed E-state index contributed by atoms with van der Waals surface area (Å²) < 4.78 is 5.22. The number of anilines is 2. The van der Waals surface area contributed by atoms with Crippen molar-refractivity contribution >= 4 is 28.9 Å². The molecule has 0 aromatic heterocycles. The molecule has 0 radical (unpaired) electrons. The summed E-state index contributed by atoms with van der Waals surface area (Å²) in [5, 5.41) is 13.9. The van der Waals surface area contributed by atoms with E-state index >= 15 is 0 Å². The Bertz CT molecular complexity index is 928. The predicted octanol–water partition coefficient (Wildman–Crippen LogP) is 3.16. The molecule has 28 heavy (non-hydrogen) atoms. The van der Waals surface area contributed by atoms with Gasteiger partial charge < -0.3 is 15.0 Å². The summed E-state index contributed by atoms with van der Waals surface area (Å²) in [5.74, 6) is -0.744. The Balaban J connectivity index is 1.78. The Kier molecular flexibility index (Phi) is 5.58. The maximum absolute atomic E-state index is 12.7. The molecule has 1 saturated heterocycles. The molecule has 1 aliphatic rings. The molecule has 2 aromatic rings. The molecule has 1 fully saturated rings. The number of non-ortho nitro benzene ring substituents is 1. The third-order valence-corrected chi connectivity index (χ3v) is 4.82. The Labute approximate surface area is 162 Å². The normalized spacial score (nSPS) is 16.1. The van der Waals surface area contributed by atoms with Gasteiger partial charge in [-0.15, -0.1) is 0 Å². The van der Waals surface area contributed by atoms with E-state index in [9.17, 15) is 19.7 Å². The van der Waals surface area contributed by atoms with Crippen LogP contribution in [0.25, 0.3) is 0 Å². The molecule has 146 valence electrons. The van der Waals surface area contributed by atoms with Crippen molar-refractivity contribution in [3.05, 3.63) is 58.1 Å². The zero-order valence-corrected chi connectivity index (χ0v) is 15.7. The molecule has 3 rings (SSSR count). The van der Waals surface area contributed by atoms with Gasteiger partial charge in [0.15, 0.2) is 0 Å². The number of rotatable bonds is 6. The van der Waals surface area contributed by atoms with Gasteiger partial charge in [0.05, 0.1) is 29.7 Å². The number of aryl methyl sites for hydroxylation is 1. The van der Waals surface area contributed by atoms with E-state index in [4.69, 9.17) is 4.74 Å². The fourth-order valence-corrected chi connectivity index (χ4v) is 3.30. The van der Waals surface area contributed by atoms with Crippen LogP contribution in [-0.4, -0.2) is 30.4 Å². The highest BCUT2D eigenvalue weighted by molar-refractivity contribution is 6.04. The maximum atomic E-state index is 12.7. The van der Waals surface area contributed by atoms with E-state index in [-0.39, 0.29) is 36.2 Å². The predicted molar refractivity (Wildman–Crippen MR) is 105 cm³/mol. The van der Waals surface area contributed by atoms with Gasteiger partial charge in [-0.25, -0.2) is 0 Å². The van der Waals surface area contributed by atoms with Crippen molar-refractivity contribution in [3.8, 4) is 5.75 Å². The number of nitrogens with one attached hydrogen (secondary N) is 1. The standard InChI is InChI=1S/C20H21N3O5/c1-3-13-6-4-5-7-16(13)21-20(25)14-10-19(24)22(12-14)17-9-8-15(23(26)27)11-18(17)28-2/h4-9,11,14H,3,10,12H2,1-2H3,(H,21,25)/t14-/m1/s1. The number of benzene rings is 2. The third-order valence-electron chi connectivity index (χ3n) is 4.82. The molecule has 2 aromatic carbocycles. The van der Waals surface area contributed by atoms with E-state index < -0.39 is 10.8 Å². The topological polar surface area (TPSA) is 102 Å². The van der Waals surface area contributed by atoms with Crippen LogP contribution >= 0.6 is 0 Å². The largest absolute Gasteiger partial charge is 0.494 e. The van der Waals surface area contributed by atoms with Gasteiger partial charge in [0.2, 0.25) is 11.8 Å². The van der Waals surface area contributed by atoms with Crippen molar-refractivity contribution in [2.24, 2.45) is 5.92 Å². The first-order chi connectivity index (χ1) is 13.4. The van der Waals surface area contributed by atoms with Gasteiger partial charge in [-0.2, -0.15) is 0 Å². The summed E-state index contributed by atoms with van der Waals surface area (Å²) in [6.45, 7) is 2.19. The van der Waals surface area contributed by atoms with Gasteiger partial charge in [-0.3, -0.25) is 19.7 Å². The van der Waals surface area contributed by atoms with E-state index in [1.165, 1.54) is 30.2 Å². The zero-order chi connectivity index (χ0) is 20.3. The lowest BCUT2D eigenvalue weighted by atomic mass is 10.1. The van der Waals surface area contributed by atoms with Crippen molar-refractivity contribution in [2.75, 3.05) is 23.9 Å². The molecule has 1 N–H and O–H groups in total. The lowest BCUT2D eigenvalue weighted by Crippen LogP contribution is -2.28. The Morgan fingerprint density at radius 1 is 1.32 bits per heavy atom. The van der Waals surface area contributed by atoms with E-state index in [0.29, 0.717) is 5.69 Å². The van der Waals surface area contributed by atoms with E-state index in [2.05, 4.69) is 5.32 Å². The first-order valence-electron chi connectivity index (χ1n) is 8.96. The average molecular weight is 383 g/mol. The number of amides is 2. The SMILES string of the molecule is CCc1ccccc1NC(=O)[C@@H]1CC(=O)N(c2ccc([N+](=O)[O-])cc2OC)C1. The van der Waals surface area contributed by atoms with Crippen molar-refractivity contribution in [1.82, 2.24) is 0 Å². The highest BCUT2D eigenvalue weighted by Crippen LogP contribution is 2.36. The molecule has 8 heteroatoms. The Morgan fingerprint density at radius 3 is 2.75 bits per heavy atom. The molecule has 0 aliphatic carbocycles. The van der Waals surface area contributed by atoms with Crippen LogP contribution in [0.4, 0.5) is 17.1 Å². The molecule has 2 amide bonds. The van der Waals surface area contributed by atoms with E-state index in [1.54, 1.807) is 0 Å². The minimum atomic E-state index is -0.528. The first-order valence-corrected chi connectivity index (χ1v) is 8.96. The summed E-state index contributed by atoms with van der Waals surface area (Å²) in [5.41, 5.74) is 2.06. The first kappa shape index (κ1) is 19.3. The highest BCUT2D eigenvalue weighted by atomic mass is 16.6. The van der Waals surface area contributed by atoms with Gasteiger partial charge >= 0.3 is 0 Å². The second-order valence-corrected chi connectivity index (χ2v) is 6.52. The number of methoxy groups -OCH3 is 1. The molecule has 1 heterocycles. The molecule has 8 nitrogen and oxygen atoms in total. The van der Waals surface area contributed by atoms with Crippen LogP contribution in [0.15, 0.2) is 42.5 Å². The highest BCUT2D eigenvalue weighted by Gasteiger charge is 2.36. The van der Waals surface area contributed by atoms with Crippen molar-refractivity contribution in [2.45, 2.75) is 19.8 Å². The zero-order valence-electron chi connectivity index (χ0n) is 15.7. The van der Waals surface area contributed by atoms with Crippen LogP contribution in [0.5, 0.6) is 5.75 Å². The second kappa shape index (κ2) is 8.08. The molecular weight excluding hydrogens is 362 g/mol. The number of nitro groups is 1. The van der Waals surface area contributed by atoms with Crippen LogP contribution in [0, 0.1) is 16.0 Å². The molecule has 0 spiro atoms. The van der Waals surface area contributed by atoms with Crippen LogP contribution in [0.1, 0.15) is 18.9 Å². The number of carbonyl (C=O) groups is 2. The maximum Gasteiger partial charge on any atom is 0.273 e. The van der Waals surface area contributed by atoms with Crippen LogP contribution in [-0.2, 0) is 16.0 Å². The average Bonchev–Trinajstić information content (AvgIpc) is 3.09. The van der Waals surface area contributed by atoms with Gasteiger partial charge in [-0.1, -0.05) is 25.1 Å². The summed E-state index contributed by atoms with van der Waals surface area (Å²) in [6, 6.07) is 11.6. The minimum Gasteiger partial charge on any atom is -0.494 e. The van der Waals surface area contributed by atoms with Gasteiger partial charge in [0.25, 0.3) is 5.69 Å². The van der Waals surface area contributed by atoms with Gasteiger partial charge in [0.1, 0.15) is 5.75 Å². The molecule has 0 unspecified atom stereocenters. The monoisotopic (exact) mass is 383 g/mol. The summed E-state index contributed by atoms with van der Waals surface area (Å²) in [4.78, 5) is 37.1. The fourth-order valence-electron chi connectivity index (χ4n) is 3.30. The third kappa shape index (κ3) is 3.80.